The summed E-state index contributed by atoms with van der Waals surface area (Å²) in [5.74, 6) is 0.170. The normalized spacial score (nSPS) is 15.3. The summed E-state index contributed by atoms with van der Waals surface area (Å²) >= 11 is 1.58. The van der Waals surface area contributed by atoms with Gasteiger partial charge in [0.05, 0.1) is 0 Å². The fourth-order valence-corrected chi connectivity index (χ4v) is 6.04. The van der Waals surface area contributed by atoms with Gasteiger partial charge >= 0.3 is 24.8 Å². The van der Waals surface area contributed by atoms with Crippen LogP contribution in [0.25, 0.3) is 11.1 Å². The van der Waals surface area contributed by atoms with Gasteiger partial charge in [0.15, 0.2) is 0 Å². The zero-order valence-corrected chi connectivity index (χ0v) is 24.2. The summed E-state index contributed by atoms with van der Waals surface area (Å²) in [6.45, 7) is 5.06. The molecule has 0 radical (unpaired) electrons. The van der Waals surface area contributed by atoms with Crippen LogP contribution in [0.5, 0.6) is 0 Å². The van der Waals surface area contributed by atoms with Gasteiger partial charge in [0.1, 0.15) is 6.04 Å². The second-order valence-corrected chi connectivity index (χ2v) is 11.8. The monoisotopic (exact) mass is 546 g/mol. The fraction of sp³-hybridized carbons (Fsp3) is 0.562. The van der Waals surface area contributed by atoms with Crippen molar-refractivity contribution in [3.05, 3.63) is 59.2 Å². The number of carboxylic acids is 1. The standard InChI is InChI=1S/C32H46N2O3S.Li.H/c1-4-5-14-26(20-24-12-7-6-8-13-24)33-22-25-16-17-28(29(21-25)27-15-10-9-11-23(27)2)31(35)34-30(32(36)37)18-19-38-3;;/h9-11,15-17,21,24,26,30,33H,4-8,12-14,18-20,22H2,1-3H3,(H,34,35)(H,36,37);;/t26?,30-;;/m0../s1. The van der Waals surface area contributed by atoms with Crippen LogP contribution in [0.3, 0.4) is 0 Å². The van der Waals surface area contributed by atoms with Crippen LogP contribution in [0.1, 0.15) is 92.6 Å². The summed E-state index contributed by atoms with van der Waals surface area (Å²) in [5, 5.41) is 16.3. The second kappa shape index (κ2) is 17.9. The third kappa shape index (κ3) is 10.7. The van der Waals surface area contributed by atoms with Crippen molar-refractivity contribution in [1.29, 1.82) is 0 Å². The third-order valence-corrected chi connectivity index (χ3v) is 8.47. The van der Waals surface area contributed by atoms with Gasteiger partial charge in [0.25, 0.3) is 5.91 Å². The van der Waals surface area contributed by atoms with Crippen molar-refractivity contribution in [1.82, 2.24) is 10.6 Å². The Labute approximate surface area is 251 Å². The van der Waals surface area contributed by atoms with Crippen molar-refractivity contribution < 1.29 is 14.7 Å². The maximum atomic E-state index is 13.3. The molecule has 1 saturated carbocycles. The molecule has 0 bridgehead atoms. The second-order valence-electron chi connectivity index (χ2n) is 10.8. The molecule has 210 valence electrons. The van der Waals surface area contributed by atoms with Gasteiger partial charge in [0.2, 0.25) is 0 Å². The summed E-state index contributed by atoms with van der Waals surface area (Å²) in [6.07, 6.45) is 14.1. The molecule has 1 fully saturated rings. The van der Waals surface area contributed by atoms with Crippen LogP contribution in [0.2, 0.25) is 0 Å². The molecule has 2 aromatic carbocycles. The summed E-state index contributed by atoms with van der Waals surface area (Å²) < 4.78 is 0. The van der Waals surface area contributed by atoms with Crippen LogP contribution in [0.15, 0.2) is 42.5 Å². The number of carbonyl (C=O) groups is 2. The number of rotatable bonds is 15. The molecule has 0 aliphatic heterocycles. The van der Waals surface area contributed by atoms with Crippen LogP contribution >= 0.6 is 11.8 Å². The molecule has 0 saturated heterocycles. The van der Waals surface area contributed by atoms with Crippen LogP contribution in [0.4, 0.5) is 0 Å². The van der Waals surface area contributed by atoms with Crippen LogP contribution in [-0.4, -0.2) is 59.9 Å². The third-order valence-electron chi connectivity index (χ3n) is 7.82. The number of amides is 1. The minimum atomic E-state index is -0.998. The van der Waals surface area contributed by atoms with Gasteiger partial charge < -0.3 is 15.7 Å². The Hall–Kier alpha value is -1.71. The van der Waals surface area contributed by atoms with Gasteiger partial charge in [-0.2, -0.15) is 11.8 Å². The minimum absolute atomic E-state index is 0. The Bertz CT molecular complexity index is 1040. The van der Waals surface area contributed by atoms with E-state index >= 15 is 0 Å². The molecule has 7 heteroatoms. The predicted octanol–water partition coefficient (Wildman–Crippen LogP) is 6.57. The molecular formula is C32H47LiN2O3S. The van der Waals surface area contributed by atoms with Gasteiger partial charge in [-0.3, -0.25) is 4.79 Å². The quantitative estimate of drug-likeness (QED) is 0.220. The van der Waals surface area contributed by atoms with E-state index in [0.29, 0.717) is 23.8 Å². The van der Waals surface area contributed by atoms with E-state index < -0.39 is 12.0 Å². The molecule has 1 aliphatic carbocycles. The van der Waals surface area contributed by atoms with Crippen LogP contribution < -0.4 is 10.6 Å². The predicted molar refractivity (Wildman–Crippen MR) is 167 cm³/mol. The van der Waals surface area contributed by atoms with Crippen molar-refractivity contribution in [3.63, 3.8) is 0 Å². The maximum absolute atomic E-state index is 13.3. The molecule has 0 heterocycles. The molecule has 3 rings (SSSR count). The zero-order chi connectivity index (χ0) is 27.3. The van der Waals surface area contributed by atoms with E-state index in [1.165, 1.54) is 57.8 Å². The molecule has 2 atom stereocenters. The van der Waals surface area contributed by atoms with E-state index in [1.54, 1.807) is 11.8 Å². The zero-order valence-electron chi connectivity index (χ0n) is 23.4. The molecule has 1 aliphatic rings. The van der Waals surface area contributed by atoms with Gasteiger partial charge in [-0.1, -0.05) is 82.2 Å². The Morgan fingerprint density at radius 1 is 1.05 bits per heavy atom. The molecule has 39 heavy (non-hydrogen) atoms. The summed E-state index contributed by atoms with van der Waals surface area (Å²) in [4.78, 5) is 25.1. The average molecular weight is 547 g/mol. The first-order chi connectivity index (χ1) is 18.4. The summed E-state index contributed by atoms with van der Waals surface area (Å²) in [5.41, 5.74) is 4.60. The van der Waals surface area contributed by atoms with Crippen molar-refractivity contribution in [3.8, 4) is 11.1 Å². The molecule has 5 nitrogen and oxygen atoms in total. The van der Waals surface area contributed by atoms with Crippen molar-refractivity contribution >= 4 is 42.5 Å². The van der Waals surface area contributed by atoms with Crippen molar-refractivity contribution in [2.75, 3.05) is 12.0 Å². The van der Waals surface area contributed by atoms with E-state index in [1.807, 2.05) is 49.6 Å². The number of hydrogen-bond acceptors (Lipinski definition) is 4. The molecule has 2 aromatic rings. The first-order valence-corrected chi connectivity index (χ1v) is 15.8. The molecule has 0 spiro atoms. The summed E-state index contributed by atoms with van der Waals surface area (Å²) in [7, 11) is 0. The fourth-order valence-electron chi connectivity index (χ4n) is 5.57. The molecule has 1 unspecified atom stereocenters. The SMILES string of the molecule is CCCCC(CC1CCCCC1)NCc1ccc(C(=O)N[C@@H](CCSC)C(=O)O)c(-c2ccccc2C)c1.[LiH]. The van der Waals surface area contributed by atoms with E-state index in [-0.39, 0.29) is 24.8 Å². The van der Waals surface area contributed by atoms with Crippen molar-refractivity contribution in [2.45, 2.75) is 96.7 Å². The Morgan fingerprint density at radius 3 is 2.46 bits per heavy atom. The Kier molecular flexibility index (Phi) is 15.3. The number of unbranched alkanes of at least 4 members (excludes halogenated alkanes) is 1. The number of hydrogen-bond donors (Lipinski definition) is 3. The summed E-state index contributed by atoms with van der Waals surface area (Å²) in [6, 6.07) is 13.7. The Balaban J connectivity index is 0.00000533. The van der Waals surface area contributed by atoms with E-state index in [9.17, 15) is 14.7 Å². The molecule has 0 aromatic heterocycles. The molecular weight excluding hydrogens is 499 g/mol. The van der Waals surface area contributed by atoms with Crippen molar-refractivity contribution in [2.24, 2.45) is 5.92 Å². The van der Waals surface area contributed by atoms with Gasteiger partial charge in [0, 0.05) is 18.2 Å². The van der Waals surface area contributed by atoms with Crippen LogP contribution in [0, 0.1) is 12.8 Å². The average Bonchev–Trinajstić information content (AvgIpc) is 2.93. The topological polar surface area (TPSA) is 78.4 Å². The Morgan fingerprint density at radius 2 is 1.79 bits per heavy atom. The number of nitrogens with one attached hydrogen (secondary N) is 2. The van der Waals surface area contributed by atoms with Gasteiger partial charge in [-0.15, -0.1) is 0 Å². The van der Waals surface area contributed by atoms with E-state index in [4.69, 9.17) is 0 Å². The van der Waals surface area contributed by atoms with E-state index in [0.717, 1.165) is 34.7 Å². The van der Waals surface area contributed by atoms with Gasteiger partial charge in [-0.05, 0) is 78.5 Å². The molecule has 1 amide bonds. The number of thioether (sulfide) groups is 1. The number of carbonyl (C=O) groups excluding carboxylic acids is 1. The number of benzene rings is 2. The van der Waals surface area contributed by atoms with Gasteiger partial charge in [-0.25, -0.2) is 4.79 Å². The first-order valence-electron chi connectivity index (χ1n) is 14.4. The van der Waals surface area contributed by atoms with E-state index in [2.05, 4.69) is 23.6 Å². The number of aliphatic carboxylic acids is 1. The molecule has 3 N–H and O–H groups in total. The number of carboxylic acid groups (broad SMARTS) is 1. The number of aryl methyl sites for hydroxylation is 1. The first kappa shape index (κ1) is 33.5. The van der Waals surface area contributed by atoms with Crippen LogP contribution in [-0.2, 0) is 11.3 Å².